The lowest BCUT2D eigenvalue weighted by molar-refractivity contribution is 1.21. The van der Waals surface area contributed by atoms with Crippen LogP contribution in [0.3, 0.4) is 0 Å². The normalized spacial score (nSPS) is 11.2. The van der Waals surface area contributed by atoms with Gasteiger partial charge in [-0.05, 0) is 106 Å². The maximum Gasteiger partial charge on any atom is 0.177 e. The molecule has 1 heterocycles. The summed E-state index contributed by atoms with van der Waals surface area (Å²) in [6.07, 6.45) is 0. The van der Waals surface area contributed by atoms with Gasteiger partial charge in [-0.15, -0.1) is 0 Å². The van der Waals surface area contributed by atoms with E-state index in [1.165, 1.54) is 0 Å². The van der Waals surface area contributed by atoms with Crippen molar-refractivity contribution in [3.63, 3.8) is 0 Å². The quantitative estimate of drug-likeness (QED) is 0.113. The van der Waals surface area contributed by atoms with E-state index in [1.807, 2.05) is 24.3 Å². The number of nitrogens with zero attached hydrogens (tertiary/aromatic N) is 6. The second-order valence-corrected chi connectivity index (χ2v) is 15.2. The maximum atomic E-state index is 10.0. The minimum absolute atomic E-state index is 0.0211. The Labute approximate surface area is 358 Å². The van der Waals surface area contributed by atoms with Gasteiger partial charge in [0.05, 0.1) is 11.0 Å². The van der Waals surface area contributed by atoms with E-state index in [-0.39, 0.29) is 11.4 Å². The molecule has 0 saturated carbocycles. The fourth-order valence-corrected chi connectivity index (χ4v) is 9.05. The highest BCUT2D eigenvalue weighted by Crippen LogP contribution is 2.50. The molecule has 62 heavy (non-hydrogen) atoms. The predicted molar refractivity (Wildman–Crippen MR) is 253 cm³/mol. The van der Waals surface area contributed by atoms with Crippen LogP contribution in [0.5, 0.6) is 0 Å². The van der Waals surface area contributed by atoms with Gasteiger partial charge < -0.3 is 9.80 Å². The number of para-hydroxylation sites is 4. The van der Waals surface area contributed by atoms with E-state index in [1.54, 1.807) is 0 Å². The van der Waals surface area contributed by atoms with Gasteiger partial charge in [0.1, 0.15) is 12.1 Å². The minimum Gasteiger partial charge on any atom is -0.311 e. The fraction of sp³-hybridized carbons (Fsp3) is 0. The second kappa shape index (κ2) is 15.1. The summed E-state index contributed by atoms with van der Waals surface area (Å²) in [4.78, 5) is 14.2. The minimum atomic E-state index is 0.0211. The Morgan fingerprint density at radius 3 is 0.903 bits per heavy atom. The van der Waals surface area contributed by atoms with Gasteiger partial charge in [0.25, 0.3) is 0 Å². The van der Waals surface area contributed by atoms with Crippen LogP contribution in [-0.4, -0.2) is 9.97 Å². The van der Waals surface area contributed by atoms with Gasteiger partial charge >= 0.3 is 0 Å². The molecule has 0 amide bonds. The molecule has 0 bridgehead atoms. The zero-order chi connectivity index (χ0) is 41.6. The molecule has 0 atom stereocenters. The number of nitriles is 2. The predicted octanol–water partition coefficient (Wildman–Crippen LogP) is 14.5. The molecule has 11 aromatic rings. The maximum absolute atomic E-state index is 10.0. The monoisotopic (exact) mass is 790 g/mol. The lowest BCUT2D eigenvalue weighted by atomic mass is 9.82. The Kier molecular flexibility index (Phi) is 8.82. The van der Waals surface area contributed by atoms with Crippen molar-refractivity contribution < 1.29 is 0 Å². The summed E-state index contributed by atoms with van der Waals surface area (Å²) in [5.74, 6) is 0. The molecule has 6 heteroatoms. The molecular weight excluding hydrogens is 757 g/mol. The number of aromatic nitrogens is 2. The molecule has 0 aliphatic rings. The van der Waals surface area contributed by atoms with Crippen LogP contribution < -0.4 is 9.80 Å². The Morgan fingerprint density at radius 1 is 0.306 bits per heavy atom. The van der Waals surface area contributed by atoms with E-state index < -0.39 is 0 Å². The number of fused-ring (bicyclic) bond motifs is 3. The topological polar surface area (TPSA) is 79.8 Å². The third-order valence-electron chi connectivity index (χ3n) is 11.7. The summed E-state index contributed by atoms with van der Waals surface area (Å²) in [5.41, 5.74) is 11.9. The zero-order valence-electron chi connectivity index (χ0n) is 33.3. The Morgan fingerprint density at radius 2 is 0.597 bits per heavy atom. The average molecular weight is 791 g/mol. The van der Waals surface area contributed by atoms with Crippen molar-refractivity contribution in [1.82, 2.24) is 9.97 Å². The Hall–Kier alpha value is -8.84. The number of hydrogen-bond acceptors (Lipinski definition) is 6. The molecule has 6 nitrogen and oxygen atoms in total. The summed E-state index contributed by atoms with van der Waals surface area (Å²) in [7, 11) is 0. The van der Waals surface area contributed by atoms with Gasteiger partial charge in [0.2, 0.25) is 0 Å². The Balaban J connectivity index is 1.18. The van der Waals surface area contributed by atoms with E-state index >= 15 is 0 Å². The van der Waals surface area contributed by atoms with E-state index in [0.29, 0.717) is 11.0 Å². The molecule has 1 aromatic heterocycles. The third kappa shape index (κ3) is 5.94. The van der Waals surface area contributed by atoms with Crippen molar-refractivity contribution >= 4 is 77.5 Å². The first-order chi connectivity index (χ1) is 30.7. The number of rotatable bonds is 8. The van der Waals surface area contributed by atoms with Crippen LogP contribution in [0.25, 0.3) is 65.6 Å². The van der Waals surface area contributed by atoms with Gasteiger partial charge in [0.15, 0.2) is 11.4 Å². The number of hydrogen-bond donors (Lipinski definition) is 0. The standard InChI is InChI=1S/C56H34N6/c57-35-49-50(36-58)60-56-48-26-14-24-46-52(38-29-33-44(34-30-38)62(41-19-9-3-10-20-41)42-21-11-4-12-22-42)51(45-23-13-25-47(55(56)59-49)53(45)54(46)48)37-27-31-43(32-28-37)61(39-15-5-1-6-16-39)40-17-7-2-8-18-40/h1-34H. The molecular formula is C56H34N6. The van der Waals surface area contributed by atoms with Gasteiger partial charge in [0, 0.05) is 55.7 Å². The highest BCUT2D eigenvalue weighted by molar-refractivity contribution is 6.37. The molecule has 0 aliphatic heterocycles. The average Bonchev–Trinajstić information content (AvgIpc) is 3.35. The zero-order valence-corrected chi connectivity index (χ0v) is 33.3. The van der Waals surface area contributed by atoms with Gasteiger partial charge in [-0.25, -0.2) is 9.97 Å². The van der Waals surface area contributed by atoms with Crippen molar-refractivity contribution in [3.8, 4) is 34.4 Å². The summed E-state index contributed by atoms with van der Waals surface area (Å²) in [5, 5.41) is 26.0. The first-order valence-electron chi connectivity index (χ1n) is 20.5. The smallest absolute Gasteiger partial charge is 0.177 e. The van der Waals surface area contributed by atoms with Crippen LogP contribution in [0.1, 0.15) is 11.4 Å². The Bertz CT molecular complexity index is 3190. The lowest BCUT2D eigenvalue weighted by Gasteiger charge is -2.27. The van der Waals surface area contributed by atoms with Crippen LogP contribution in [0.2, 0.25) is 0 Å². The molecule has 0 N–H and O–H groups in total. The molecule has 0 spiro atoms. The molecule has 0 fully saturated rings. The summed E-state index contributed by atoms with van der Waals surface area (Å²) in [6, 6.07) is 76.3. The van der Waals surface area contributed by atoms with Crippen molar-refractivity contribution in [1.29, 1.82) is 10.5 Å². The molecule has 288 valence electrons. The number of anilines is 6. The van der Waals surface area contributed by atoms with Crippen molar-refractivity contribution in [2.45, 2.75) is 0 Å². The first-order valence-corrected chi connectivity index (χ1v) is 20.5. The van der Waals surface area contributed by atoms with Crippen molar-refractivity contribution in [3.05, 3.63) is 218 Å². The fourth-order valence-electron chi connectivity index (χ4n) is 9.05. The molecule has 11 rings (SSSR count). The van der Waals surface area contributed by atoms with E-state index in [2.05, 4.69) is 204 Å². The van der Waals surface area contributed by atoms with Crippen LogP contribution in [0.15, 0.2) is 206 Å². The number of benzene rings is 10. The second-order valence-electron chi connectivity index (χ2n) is 15.2. The van der Waals surface area contributed by atoms with Gasteiger partial charge in [-0.3, -0.25) is 0 Å². The summed E-state index contributed by atoms with van der Waals surface area (Å²) in [6.45, 7) is 0. The molecule has 0 radical (unpaired) electrons. The van der Waals surface area contributed by atoms with E-state index in [9.17, 15) is 10.5 Å². The van der Waals surface area contributed by atoms with Crippen molar-refractivity contribution in [2.24, 2.45) is 0 Å². The van der Waals surface area contributed by atoms with E-state index in [0.717, 1.165) is 88.7 Å². The van der Waals surface area contributed by atoms with Gasteiger partial charge in [-0.2, -0.15) is 10.5 Å². The van der Waals surface area contributed by atoms with Crippen LogP contribution in [0, 0.1) is 22.7 Å². The van der Waals surface area contributed by atoms with Crippen LogP contribution in [-0.2, 0) is 0 Å². The SMILES string of the molecule is N#Cc1nc2c3cccc4c(-c5ccc(N(c6ccccc6)c6ccccc6)cc5)c(-c5ccc(N(c6ccccc6)c6ccccc6)cc5)c5cccc(c2nc1C#N)c5c43. The van der Waals surface area contributed by atoms with Gasteiger partial charge in [-0.1, -0.05) is 133 Å². The summed E-state index contributed by atoms with van der Waals surface area (Å²) < 4.78 is 0. The van der Waals surface area contributed by atoms with Crippen LogP contribution >= 0.6 is 0 Å². The highest BCUT2D eigenvalue weighted by Gasteiger charge is 2.25. The third-order valence-corrected chi connectivity index (χ3v) is 11.7. The lowest BCUT2D eigenvalue weighted by Crippen LogP contribution is -2.09. The molecule has 0 unspecified atom stereocenters. The molecule has 0 aliphatic carbocycles. The van der Waals surface area contributed by atoms with Crippen LogP contribution in [0.4, 0.5) is 34.1 Å². The molecule has 10 aromatic carbocycles. The first kappa shape index (κ1) is 36.3. The van der Waals surface area contributed by atoms with Crippen molar-refractivity contribution in [2.75, 3.05) is 9.80 Å². The largest absolute Gasteiger partial charge is 0.311 e. The van der Waals surface area contributed by atoms with E-state index in [4.69, 9.17) is 9.97 Å². The summed E-state index contributed by atoms with van der Waals surface area (Å²) >= 11 is 0. The highest BCUT2D eigenvalue weighted by atomic mass is 15.1. The molecule has 0 saturated heterocycles.